The van der Waals surface area contributed by atoms with Gasteiger partial charge in [0.05, 0.1) is 5.56 Å². The Bertz CT molecular complexity index is 556. The first-order valence-corrected chi connectivity index (χ1v) is 6.29. The standard InChI is InChI=1S/C14H16N2O5/c1-16(15-12(20)7-2-3-8-17)14(21)13-10(9-18)5-4-6-11(13)19/h4-6,8-9,19H,2-3,7H2,1H3,(H,15,20). The third-order valence-corrected chi connectivity index (χ3v) is 2.74. The molecule has 0 aromatic heterocycles. The molecule has 0 saturated carbocycles. The van der Waals surface area contributed by atoms with Crippen molar-refractivity contribution in [3.05, 3.63) is 29.3 Å². The van der Waals surface area contributed by atoms with Crippen molar-refractivity contribution in [3.8, 4) is 5.75 Å². The minimum atomic E-state index is -0.709. The van der Waals surface area contributed by atoms with E-state index in [2.05, 4.69) is 5.43 Å². The van der Waals surface area contributed by atoms with Gasteiger partial charge < -0.3 is 9.90 Å². The van der Waals surface area contributed by atoms with Crippen LogP contribution in [0, 0.1) is 0 Å². The molecule has 21 heavy (non-hydrogen) atoms. The molecule has 1 rings (SSSR count). The molecule has 1 aromatic carbocycles. The number of phenols is 1. The van der Waals surface area contributed by atoms with Crippen LogP contribution >= 0.6 is 0 Å². The lowest BCUT2D eigenvalue weighted by molar-refractivity contribution is -0.124. The number of carbonyl (C=O) groups is 4. The average Bonchev–Trinajstić information content (AvgIpc) is 2.46. The number of hydrazine groups is 1. The zero-order valence-corrected chi connectivity index (χ0v) is 11.5. The monoisotopic (exact) mass is 292 g/mol. The molecule has 0 unspecified atom stereocenters. The highest BCUT2D eigenvalue weighted by molar-refractivity contribution is 6.04. The van der Waals surface area contributed by atoms with Crippen molar-refractivity contribution in [2.75, 3.05) is 7.05 Å². The number of nitrogens with zero attached hydrogens (tertiary/aromatic N) is 1. The van der Waals surface area contributed by atoms with Crippen molar-refractivity contribution in [2.24, 2.45) is 0 Å². The second-order valence-corrected chi connectivity index (χ2v) is 4.32. The van der Waals surface area contributed by atoms with E-state index in [0.29, 0.717) is 19.0 Å². The lowest BCUT2D eigenvalue weighted by atomic mass is 10.1. The number of benzene rings is 1. The summed E-state index contributed by atoms with van der Waals surface area (Å²) in [5, 5.41) is 10.6. The first-order chi connectivity index (χ1) is 10.0. The van der Waals surface area contributed by atoms with Gasteiger partial charge in [-0.3, -0.25) is 24.8 Å². The summed E-state index contributed by atoms with van der Waals surface area (Å²) >= 11 is 0. The van der Waals surface area contributed by atoms with Gasteiger partial charge >= 0.3 is 0 Å². The predicted octanol–water partition coefficient (Wildman–Crippen LogP) is 0.677. The number of phenolic OH excluding ortho intramolecular Hbond substituents is 1. The Balaban J connectivity index is 2.77. The maximum Gasteiger partial charge on any atom is 0.276 e. The Morgan fingerprint density at radius 3 is 2.67 bits per heavy atom. The molecule has 0 heterocycles. The van der Waals surface area contributed by atoms with Crippen LogP contribution in [0.5, 0.6) is 5.75 Å². The first kappa shape index (κ1) is 16.4. The highest BCUT2D eigenvalue weighted by Crippen LogP contribution is 2.21. The second-order valence-electron chi connectivity index (χ2n) is 4.32. The summed E-state index contributed by atoms with van der Waals surface area (Å²) in [5.41, 5.74) is 2.17. The maximum atomic E-state index is 12.1. The largest absolute Gasteiger partial charge is 0.507 e. The summed E-state index contributed by atoms with van der Waals surface area (Å²) < 4.78 is 0. The van der Waals surface area contributed by atoms with E-state index in [1.807, 2.05) is 0 Å². The van der Waals surface area contributed by atoms with Gasteiger partial charge in [-0.1, -0.05) is 12.1 Å². The van der Waals surface area contributed by atoms with E-state index in [-0.39, 0.29) is 29.7 Å². The van der Waals surface area contributed by atoms with Crippen LogP contribution < -0.4 is 5.43 Å². The summed E-state index contributed by atoms with van der Waals surface area (Å²) in [6.45, 7) is 0. The van der Waals surface area contributed by atoms with E-state index in [9.17, 15) is 24.3 Å². The molecular weight excluding hydrogens is 276 g/mol. The summed E-state index contributed by atoms with van der Waals surface area (Å²) in [6, 6.07) is 4.10. The fourth-order valence-corrected chi connectivity index (χ4v) is 1.70. The molecule has 0 radical (unpaired) electrons. The number of hydrogen-bond donors (Lipinski definition) is 2. The molecule has 0 atom stereocenters. The van der Waals surface area contributed by atoms with Crippen LogP contribution in [0.15, 0.2) is 18.2 Å². The van der Waals surface area contributed by atoms with Gasteiger partial charge in [0.2, 0.25) is 5.91 Å². The number of unbranched alkanes of at least 4 members (excludes halogenated alkanes) is 1. The Hall–Kier alpha value is -2.70. The third-order valence-electron chi connectivity index (χ3n) is 2.74. The quantitative estimate of drug-likeness (QED) is 0.456. The van der Waals surface area contributed by atoms with Crippen LogP contribution in [-0.4, -0.2) is 41.5 Å². The molecule has 1 aromatic rings. The van der Waals surface area contributed by atoms with Crippen LogP contribution in [0.4, 0.5) is 0 Å². The molecule has 0 bridgehead atoms. The molecule has 7 heteroatoms. The number of aromatic hydroxyl groups is 1. The molecular formula is C14H16N2O5. The average molecular weight is 292 g/mol. The smallest absolute Gasteiger partial charge is 0.276 e. The lowest BCUT2D eigenvalue weighted by Crippen LogP contribution is -2.43. The van der Waals surface area contributed by atoms with Crippen LogP contribution in [0.2, 0.25) is 0 Å². The molecule has 0 aliphatic heterocycles. The van der Waals surface area contributed by atoms with Gasteiger partial charge in [-0.25, -0.2) is 0 Å². The Kier molecular flexibility index (Phi) is 6.06. The Morgan fingerprint density at radius 1 is 1.33 bits per heavy atom. The maximum absolute atomic E-state index is 12.1. The van der Waals surface area contributed by atoms with Gasteiger partial charge in [0.25, 0.3) is 5.91 Å². The topological polar surface area (TPSA) is 104 Å². The van der Waals surface area contributed by atoms with Crippen LogP contribution in [0.1, 0.15) is 40.0 Å². The van der Waals surface area contributed by atoms with Crippen LogP contribution in [0.25, 0.3) is 0 Å². The zero-order chi connectivity index (χ0) is 15.8. The van der Waals surface area contributed by atoms with Gasteiger partial charge in [0, 0.05) is 25.5 Å². The number of aldehydes is 2. The van der Waals surface area contributed by atoms with Crippen LogP contribution in [0.3, 0.4) is 0 Å². The van der Waals surface area contributed by atoms with Crippen LogP contribution in [-0.2, 0) is 9.59 Å². The van der Waals surface area contributed by atoms with Gasteiger partial charge in [0.1, 0.15) is 12.0 Å². The number of hydrogen-bond acceptors (Lipinski definition) is 5. The fraction of sp³-hybridized carbons (Fsp3) is 0.286. The summed E-state index contributed by atoms with van der Waals surface area (Å²) in [7, 11) is 1.31. The summed E-state index contributed by atoms with van der Waals surface area (Å²) in [6.07, 6.45) is 1.90. The normalized spacial score (nSPS) is 9.76. The van der Waals surface area contributed by atoms with E-state index >= 15 is 0 Å². The number of nitrogens with one attached hydrogen (secondary N) is 1. The van der Waals surface area contributed by atoms with Gasteiger partial charge in [0.15, 0.2) is 6.29 Å². The third kappa shape index (κ3) is 4.41. The Morgan fingerprint density at radius 2 is 2.05 bits per heavy atom. The van der Waals surface area contributed by atoms with Crippen molar-refractivity contribution >= 4 is 24.4 Å². The van der Waals surface area contributed by atoms with E-state index in [0.717, 1.165) is 5.01 Å². The van der Waals surface area contributed by atoms with E-state index in [4.69, 9.17) is 0 Å². The van der Waals surface area contributed by atoms with E-state index in [1.165, 1.54) is 25.2 Å². The highest BCUT2D eigenvalue weighted by atomic mass is 16.3. The molecule has 112 valence electrons. The van der Waals surface area contributed by atoms with Gasteiger partial charge in [-0.15, -0.1) is 0 Å². The second kappa shape index (κ2) is 7.78. The first-order valence-electron chi connectivity index (χ1n) is 6.29. The van der Waals surface area contributed by atoms with Crippen molar-refractivity contribution in [2.45, 2.75) is 19.3 Å². The molecule has 7 nitrogen and oxygen atoms in total. The molecule has 0 aliphatic rings. The fourth-order valence-electron chi connectivity index (χ4n) is 1.70. The minimum Gasteiger partial charge on any atom is -0.507 e. The highest BCUT2D eigenvalue weighted by Gasteiger charge is 2.20. The predicted molar refractivity (Wildman–Crippen MR) is 73.6 cm³/mol. The Labute approximate surface area is 121 Å². The molecule has 0 fully saturated rings. The molecule has 0 aliphatic carbocycles. The van der Waals surface area contributed by atoms with Crippen molar-refractivity contribution in [1.82, 2.24) is 10.4 Å². The summed E-state index contributed by atoms with van der Waals surface area (Å²) in [4.78, 5) is 44.8. The number of rotatable bonds is 6. The van der Waals surface area contributed by atoms with Gasteiger partial charge in [-0.2, -0.15) is 0 Å². The molecule has 2 amide bonds. The van der Waals surface area contributed by atoms with Crippen molar-refractivity contribution in [3.63, 3.8) is 0 Å². The summed E-state index contributed by atoms with van der Waals surface area (Å²) in [5.74, 6) is -1.48. The lowest BCUT2D eigenvalue weighted by Gasteiger charge is -2.19. The molecule has 2 N–H and O–H groups in total. The number of amides is 2. The number of carbonyl (C=O) groups excluding carboxylic acids is 4. The van der Waals surface area contributed by atoms with Crippen molar-refractivity contribution < 1.29 is 24.3 Å². The van der Waals surface area contributed by atoms with E-state index < -0.39 is 11.8 Å². The molecule has 0 spiro atoms. The minimum absolute atomic E-state index is 0.0297. The SMILES string of the molecule is CN(NC(=O)CCCC=O)C(=O)c1c(O)cccc1C=O. The zero-order valence-electron chi connectivity index (χ0n) is 11.5. The van der Waals surface area contributed by atoms with Gasteiger partial charge in [-0.05, 0) is 12.5 Å². The van der Waals surface area contributed by atoms with E-state index in [1.54, 1.807) is 0 Å². The molecule has 0 saturated heterocycles. The van der Waals surface area contributed by atoms with Crippen molar-refractivity contribution in [1.29, 1.82) is 0 Å².